The first-order valence-electron chi connectivity index (χ1n) is 11.1. The van der Waals surface area contributed by atoms with Gasteiger partial charge in [-0.3, -0.25) is 19.6 Å². The van der Waals surface area contributed by atoms with Crippen molar-refractivity contribution in [3.63, 3.8) is 0 Å². The zero-order valence-electron chi connectivity index (χ0n) is 20.0. The normalized spacial score (nSPS) is 10.8. The first-order chi connectivity index (χ1) is 17.3. The van der Waals surface area contributed by atoms with Crippen molar-refractivity contribution >= 4 is 23.8 Å². The second-order valence-electron chi connectivity index (χ2n) is 8.63. The van der Waals surface area contributed by atoms with Gasteiger partial charge in [-0.05, 0) is 62.7 Å². The van der Waals surface area contributed by atoms with Crippen molar-refractivity contribution in [1.29, 1.82) is 5.26 Å². The molecule has 0 unspecified atom stereocenters. The van der Waals surface area contributed by atoms with Crippen LogP contribution in [0, 0.1) is 18.3 Å². The van der Waals surface area contributed by atoms with E-state index in [1.807, 2.05) is 25.1 Å². The third-order valence-electron chi connectivity index (χ3n) is 5.61. The van der Waals surface area contributed by atoms with Crippen LogP contribution in [-0.4, -0.2) is 32.3 Å². The fourth-order valence-electron chi connectivity index (χ4n) is 3.51. The first kappa shape index (κ1) is 24.2. The van der Waals surface area contributed by atoms with Crippen LogP contribution >= 0.6 is 0 Å². The molecule has 0 atom stereocenters. The molecule has 36 heavy (non-hydrogen) atoms. The van der Waals surface area contributed by atoms with Crippen LogP contribution in [0.15, 0.2) is 67.3 Å². The minimum Gasteiger partial charge on any atom is -0.322 e. The predicted molar refractivity (Wildman–Crippen MR) is 136 cm³/mol. The van der Waals surface area contributed by atoms with Crippen molar-refractivity contribution in [2.45, 2.75) is 26.2 Å². The van der Waals surface area contributed by atoms with Gasteiger partial charge >= 0.3 is 0 Å². The molecule has 1 aromatic carbocycles. The number of rotatable bonds is 7. The van der Waals surface area contributed by atoms with Crippen molar-refractivity contribution in [3.8, 4) is 28.6 Å². The van der Waals surface area contributed by atoms with Crippen LogP contribution in [0.2, 0.25) is 0 Å². The Morgan fingerprint density at radius 1 is 1.03 bits per heavy atom. The molecule has 0 aliphatic carbocycles. The maximum absolute atomic E-state index is 13.0. The summed E-state index contributed by atoms with van der Waals surface area (Å²) in [6.45, 7) is 5.46. The van der Waals surface area contributed by atoms with E-state index in [1.54, 1.807) is 56.7 Å². The smallest absolute Gasteiger partial charge is 0.255 e. The highest BCUT2D eigenvalue weighted by molar-refractivity contribution is 6.04. The molecule has 0 aliphatic rings. The van der Waals surface area contributed by atoms with Crippen molar-refractivity contribution < 1.29 is 9.59 Å². The molecule has 0 saturated carbocycles. The number of nitriles is 1. The van der Waals surface area contributed by atoms with Gasteiger partial charge in [-0.2, -0.15) is 5.26 Å². The molecule has 0 spiro atoms. The van der Waals surface area contributed by atoms with E-state index >= 15 is 0 Å². The number of nitrogens with one attached hydrogen (secondary N) is 2. The van der Waals surface area contributed by atoms with Gasteiger partial charge < -0.3 is 10.6 Å². The molecule has 3 heterocycles. The molecule has 0 bridgehead atoms. The summed E-state index contributed by atoms with van der Waals surface area (Å²) in [5.41, 5.74) is 4.47. The molecule has 2 amide bonds. The quantitative estimate of drug-likeness (QED) is 0.374. The summed E-state index contributed by atoms with van der Waals surface area (Å²) in [5, 5.41) is 14.8. The van der Waals surface area contributed by atoms with E-state index in [1.165, 1.54) is 6.20 Å². The molecule has 0 aliphatic heterocycles. The summed E-state index contributed by atoms with van der Waals surface area (Å²) < 4.78 is 0. The zero-order chi connectivity index (χ0) is 25.7. The van der Waals surface area contributed by atoms with Crippen LogP contribution in [0.5, 0.6) is 0 Å². The topological polar surface area (TPSA) is 134 Å². The van der Waals surface area contributed by atoms with Gasteiger partial charge in [0.05, 0.1) is 41.0 Å². The van der Waals surface area contributed by atoms with Crippen LogP contribution in [-0.2, 0) is 10.2 Å². The number of nitrogens with zero attached hydrogens (tertiary/aromatic N) is 5. The number of hydrogen-bond acceptors (Lipinski definition) is 7. The minimum absolute atomic E-state index is 0.311. The number of carbonyl (C=O) groups is 2. The Kier molecular flexibility index (Phi) is 6.79. The maximum atomic E-state index is 13.0. The first-order valence-corrected chi connectivity index (χ1v) is 11.1. The van der Waals surface area contributed by atoms with Gasteiger partial charge in [-0.1, -0.05) is 6.07 Å². The second-order valence-corrected chi connectivity index (χ2v) is 8.63. The minimum atomic E-state index is -0.810. The molecule has 4 rings (SSSR count). The number of benzene rings is 1. The second kappa shape index (κ2) is 10.1. The Bertz CT molecular complexity index is 1490. The molecule has 0 saturated heterocycles. The summed E-state index contributed by atoms with van der Waals surface area (Å²) in [4.78, 5) is 41.1. The molecule has 0 radical (unpaired) electrons. The van der Waals surface area contributed by atoms with Crippen LogP contribution in [0.25, 0.3) is 22.5 Å². The van der Waals surface area contributed by atoms with Crippen molar-refractivity contribution in [1.82, 2.24) is 19.9 Å². The Hall–Kier alpha value is -4.97. The van der Waals surface area contributed by atoms with E-state index in [4.69, 9.17) is 4.98 Å². The third-order valence-corrected chi connectivity index (χ3v) is 5.61. The highest BCUT2D eigenvalue weighted by atomic mass is 16.1. The molecule has 3 aromatic heterocycles. The number of amides is 2. The molecular formula is C27H23N7O2. The number of pyridine rings is 2. The SMILES string of the molecule is Cc1ccc(NC(=O)c2ccnc(C(C)(C)C#N)c2)cc1-c1cncc(-c2ccnc(NC=O)c2)n1. The van der Waals surface area contributed by atoms with E-state index in [0.29, 0.717) is 40.6 Å². The van der Waals surface area contributed by atoms with Crippen LogP contribution in [0.4, 0.5) is 11.5 Å². The van der Waals surface area contributed by atoms with Gasteiger partial charge in [-0.15, -0.1) is 0 Å². The van der Waals surface area contributed by atoms with Crippen LogP contribution < -0.4 is 10.6 Å². The molecule has 0 fully saturated rings. The van der Waals surface area contributed by atoms with Crippen LogP contribution in [0.1, 0.15) is 35.5 Å². The highest BCUT2D eigenvalue weighted by Crippen LogP contribution is 2.28. The predicted octanol–water partition coefficient (Wildman–Crippen LogP) is 4.53. The van der Waals surface area contributed by atoms with Crippen molar-refractivity contribution in [2.75, 3.05) is 10.6 Å². The summed E-state index contributed by atoms with van der Waals surface area (Å²) in [5.74, 6) is 0.0991. The van der Waals surface area contributed by atoms with E-state index in [9.17, 15) is 14.9 Å². The summed E-state index contributed by atoms with van der Waals surface area (Å²) >= 11 is 0. The van der Waals surface area contributed by atoms with Gasteiger partial charge in [-0.25, -0.2) is 9.97 Å². The Balaban J connectivity index is 1.62. The fraction of sp³-hybridized carbons (Fsp3) is 0.148. The summed E-state index contributed by atoms with van der Waals surface area (Å²) in [7, 11) is 0. The van der Waals surface area contributed by atoms with Gasteiger partial charge in [0.25, 0.3) is 5.91 Å². The lowest BCUT2D eigenvalue weighted by molar-refractivity contribution is -0.105. The average Bonchev–Trinajstić information content (AvgIpc) is 2.90. The van der Waals surface area contributed by atoms with E-state index in [0.717, 1.165) is 16.7 Å². The number of carbonyl (C=O) groups excluding carboxylic acids is 2. The molecule has 2 N–H and O–H groups in total. The van der Waals surface area contributed by atoms with Crippen LogP contribution in [0.3, 0.4) is 0 Å². The van der Waals surface area contributed by atoms with Gasteiger partial charge in [0, 0.05) is 34.8 Å². The average molecular weight is 478 g/mol. The third kappa shape index (κ3) is 5.23. The largest absolute Gasteiger partial charge is 0.322 e. The lowest BCUT2D eigenvalue weighted by atomic mass is 9.90. The Morgan fingerprint density at radius 2 is 1.81 bits per heavy atom. The molecule has 9 heteroatoms. The number of aromatic nitrogens is 4. The fourth-order valence-corrected chi connectivity index (χ4v) is 3.51. The maximum Gasteiger partial charge on any atom is 0.255 e. The number of anilines is 2. The summed E-state index contributed by atoms with van der Waals surface area (Å²) in [6.07, 6.45) is 6.96. The van der Waals surface area contributed by atoms with E-state index in [-0.39, 0.29) is 5.91 Å². The van der Waals surface area contributed by atoms with E-state index < -0.39 is 5.41 Å². The van der Waals surface area contributed by atoms with E-state index in [2.05, 4.69) is 31.7 Å². The van der Waals surface area contributed by atoms with Crippen molar-refractivity contribution in [3.05, 3.63) is 84.1 Å². The lowest BCUT2D eigenvalue weighted by Gasteiger charge is -2.15. The highest BCUT2D eigenvalue weighted by Gasteiger charge is 2.22. The Labute approximate surface area is 208 Å². The Morgan fingerprint density at radius 3 is 2.58 bits per heavy atom. The standard InChI is InChI=1S/C27H23N7O2/c1-17-4-5-20(33-26(36)19-7-8-30-24(10-19)27(2,3)15-28)12-21(17)23-14-29-13-22(34-23)18-6-9-31-25(11-18)32-16-35/h4-14,16H,1-3H3,(H,33,36)(H,31,32,35). The molecular weight excluding hydrogens is 454 g/mol. The van der Waals surface area contributed by atoms with Crippen molar-refractivity contribution in [2.24, 2.45) is 0 Å². The summed E-state index contributed by atoms with van der Waals surface area (Å²) in [6, 6.07) is 14.5. The monoisotopic (exact) mass is 477 g/mol. The van der Waals surface area contributed by atoms with Gasteiger partial charge in [0.15, 0.2) is 0 Å². The number of aryl methyl sites for hydroxylation is 1. The van der Waals surface area contributed by atoms with Gasteiger partial charge in [0.2, 0.25) is 6.41 Å². The zero-order valence-corrected chi connectivity index (χ0v) is 20.0. The lowest BCUT2D eigenvalue weighted by Crippen LogP contribution is -2.18. The molecule has 4 aromatic rings. The number of hydrogen-bond donors (Lipinski definition) is 2. The van der Waals surface area contributed by atoms with Gasteiger partial charge in [0.1, 0.15) is 5.82 Å². The molecule has 9 nitrogen and oxygen atoms in total. The molecule has 178 valence electrons.